The lowest BCUT2D eigenvalue weighted by Crippen LogP contribution is -2.32. The van der Waals surface area contributed by atoms with E-state index in [9.17, 15) is 19.6 Å². The minimum atomic E-state index is -0.660. The van der Waals surface area contributed by atoms with E-state index in [0.717, 1.165) is 22.3 Å². The van der Waals surface area contributed by atoms with Crippen molar-refractivity contribution in [3.8, 4) is 6.07 Å². The lowest BCUT2D eigenvalue weighted by molar-refractivity contribution is -0.147. The molecule has 7 nitrogen and oxygen atoms in total. The van der Waals surface area contributed by atoms with Crippen molar-refractivity contribution in [2.24, 2.45) is 0 Å². The van der Waals surface area contributed by atoms with E-state index in [2.05, 4.69) is 0 Å². The zero-order chi connectivity index (χ0) is 18.7. The summed E-state index contributed by atoms with van der Waals surface area (Å²) in [5, 5.41) is 9.76. The Kier molecular flexibility index (Phi) is 5.54. The van der Waals surface area contributed by atoms with E-state index >= 15 is 0 Å². The van der Waals surface area contributed by atoms with Crippen molar-refractivity contribution < 1.29 is 19.1 Å². The van der Waals surface area contributed by atoms with Crippen LogP contribution >= 0.6 is 23.5 Å². The van der Waals surface area contributed by atoms with Crippen LogP contribution in [0.25, 0.3) is 0 Å². The molecule has 1 saturated heterocycles. The van der Waals surface area contributed by atoms with Crippen molar-refractivity contribution >= 4 is 46.2 Å². The molecule has 0 saturated carbocycles. The first-order valence-corrected chi connectivity index (χ1v) is 9.57. The zero-order valence-corrected chi connectivity index (χ0v) is 15.6. The number of Topliss-reactive ketones (excluding diaryl/α,β-unsaturated/α-hetero) is 1. The number of anilines is 1. The van der Waals surface area contributed by atoms with Crippen LogP contribution in [0.15, 0.2) is 39.8 Å². The van der Waals surface area contributed by atoms with Crippen LogP contribution in [-0.4, -0.2) is 54.4 Å². The van der Waals surface area contributed by atoms with Crippen LogP contribution in [0.2, 0.25) is 0 Å². The highest BCUT2D eigenvalue weighted by atomic mass is 32.2. The quantitative estimate of drug-likeness (QED) is 0.430. The molecule has 0 spiro atoms. The fourth-order valence-corrected chi connectivity index (χ4v) is 4.53. The molecule has 0 unspecified atom stereocenters. The lowest BCUT2D eigenvalue weighted by atomic mass is 10.2. The van der Waals surface area contributed by atoms with Crippen molar-refractivity contribution in [1.29, 1.82) is 5.26 Å². The molecule has 2 aliphatic rings. The molecule has 0 aliphatic carbocycles. The van der Waals surface area contributed by atoms with Gasteiger partial charge in [0.05, 0.1) is 5.69 Å². The largest absolute Gasteiger partial charge is 0.456 e. The molecule has 2 heterocycles. The minimum absolute atomic E-state index is 0.0469. The van der Waals surface area contributed by atoms with Crippen molar-refractivity contribution in [3.05, 3.63) is 34.9 Å². The number of carbonyl (C=O) groups excluding carboxylic acids is 3. The first kappa shape index (κ1) is 18.4. The van der Waals surface area contributed by atoms with Gasteiger partial charge in [0, 0.05) is 24.2 Å². The Morgan fingerprint density at radius 3 is 2.77 bits per heavy atom. The standard InChI is InChI=1S/C17H15N3O4S2/c1-19-12-4-2-3-5-14(12)26-16(19)11(8-18)13(21)10-24-15(22)9-20-6-7-25-17(20)23/h2-5H,6-7,9-10H2,1H3. The number of hydrogen-bond donors (Lipinski definition) is 0. The van der Waals surface area contributed by atoms with Crippen LogP contribution in [0.5, 0.6) is 0 Å². The van der Waals surface area contributed by atoms with E-state index in [1.165, 1.54) is 16.7 Å². The number of esters is 1. The number of nitriles is 1. The summed E-state index contributed by atoms with van der Waals surface area (Å²) in [5.41, 5.74) is 0.865. The number of para-hydroxylation sites is 1. The average Bonchev–Trinajstić information content (AvgIpc) is 3.18. The molecule has 1 amide bonds. The van der Waals surface area contributed by atoms with Crippen molar-refractivity contribution in [2.75, 3.05) is 37.4 Å². The molecule has 26 heavy (non-hydrogen) atoms. The Balaban J connectivity index is 1.64. The Morgan fingerprint density at radius 2 is 2.12 bits per heavy atom. The summed E-state index contributed by atoms with van der Waals surface area (Å²) in [4.78, 5) is 39.8. The van der Waals surface area contributed by atoms with E-state index < -0.39 is 18.4 Å². The normalized spacial score (nSPS) is 17.8. The molecule has 0 N–H and O–H groups in total. The lowest BCUT2D eigenvalue weighted by Gasteiger charge is -2.15. The second-order valence-corrected chi connectivity index (χ2v) is 7.62. The summed E-state index contributed by atoms with van der Waals surface area (Å²) in [6.07, 6.45) is 0. The van der Waals surface area contributed by atoms with Gasteiger partial charge < -0.3 is 14.5 Å². The molecule has 9 heteroatoms. The van der Waals surface area contributed by atoms with Gasteiger partial charge in [0.1, 0.15) is 23.2 Å². The highest BCUT2D eigenvalue weighted by Crippen LogP contribution is 2.46. The summed E-state index contributed by atoms with van der Waals surface area (Å²) in [6, 6.07) is 9.50. The molecule has 1 fully saturated rings. The SMILES string of the molecule is CN1C(=C(C#N)C(=O)COC(=O)CN2CCSC2=O)Sc2ccccc21. The second kappa shape index (κ2) is 7.85. The fraction of sp³-hybridized carbons (Fsp3) is 0.294. The van der Waals surface area contributed by atoms with E-state index in [1.807, 2.05) is 30.3 Å². The fourth-order valence-electron chi connectivity index (χ4n) is 2.54. The van der Waals surface area contributed by atoms with Crippen molar-refractivity contribution in [2.45, 2.75) is 4.90 Å². The number of rotatable bonds is 5. The molecule has 0 radical (unpaired) electrons. The molecule has 0 atom stereocenters. The number of benzene rings is 1. The predicted octanol–water partition coefficient (Wildman–Crippen LogP) is 2.24. The maximum absolute atomic E-state index is 12.4. The van der Waals surface area contributed by atoms with Gasteiger partial charge in [-0.05, 0) is 12.1 Å². The van der Waals surface area contributed by atoms with Crippen LogP contribution in [0.3, 0.4) is 0 Å². The van der Waals surface area contributed by atoms with E-state index in [4.69, 9.17) is 4.74 Å². The third kappa shape index (κ3) is 3.71. The maximum Gasteiger partial charge on any atom is 0.326 e. The molecule has 3 rings (SSSR count). The number of amides is 1. The van der Waals surface area contributed by atoms with Crippen LogP contribution < -0.4 is 4.90 Å². The number of ketones is 1. The smallest absolute Gasteiger partial charge is 0.326 e. The third-order valence-electron chi connectivity index (χ3n) is 3.87. The Labute approximate surface area is 159 Å². The van der Waals surface area contributed by atoms with E-state index in [0.29, 0.717) is 17.3 Å². The summed E-state index contributed by atoms with van der Waals surface area (Å²) in [6.45, 7) is -0.220. The first-order valence-electron chi connectivity index (χ1n) is 7.76. The third-order valence-corrected chi connectivity index (χ3v) is 6.00. The van der Waals surface area contributed by atoms with Gasteiger partial charge in [0.15, 0.2) is 6.61 Å². The summed E-state index contributed by atoms with van der Waals surface area (Å²) in [7, 11) is 1.78. The van der Waals surface area contributed by atoms with Crippen molar-refractivity contribution in [3.63, 3.8) is 0 Å². The highest BCUT2D eigenvalue weighted by Gasteiger charge is 2.29. The molecule has 1 aromatic carbocycles. The van der Waals surface area contributed by atoms with Crippen molar-refractivity contribution in [1.82, 2.24) is 4.90 Å². The molecule has 134 valence electrons. The monoisotopic (exact) mass is 389 g/mol. The van der Waals surface area contributed by atoms with Gasteiger partial charge in [0.2, 0.25) is 5.78 Å². The Hall–Kier alpha value is -2.44. The van der Waals surface area contributed by atoms with Gasteiger partial charge >= 0.3 is 5.97 Å². The Morgan fingerprint density at radius 1 is 1.35 bits per heavy atom. The molecular formula is C17H15N3O4S2. The zero-order valence-electron chi connectivity index (χ0n) is 13.9. The predicted molar refractivity (Wildman–Crippen MR) is 98.7 cm³/mol. The summed E-state index contributed by atoms with van der Waals surface area (Å²) < 4.78 is 4.96. The number of thioether (sulfide) groups is 2. The number of nitrogens with zero attached hydrogens (tertiary/aromatic N) is 3. The van der Waals surface area contributed by atoms with Gasteiger partial charge in [-0.15, -0.1) is 0 Å². The van der Waals surface area contributed by atoms with Crippen LogP contribution in [0.1, 0.15) is 0 Å². The topological polar surface area (TPSA) is 90.7 Å². The average molecular weight is 389 g/mol. The van der Waals surface area contributed by atoms with Crippen LogP contribution in [0.4, 0.5) is 10.5 Å². The molecule has 0 bridgehead atoms. The summed E-state index contributed by atoms with van der Waals surface area (Å²) in [5.74, 6) is -0.586. The maximum atomic E-state index is 12.4. The number of ether oxygens (including phenoxy) is 1. The number of hydrogen-bond acceptors (Lipinski definition) is 8. The number of carbonyl (C=O) groups is 3. The first-order chi connectivity index (χ1) is 12.5. The summed E-state index contributed by atoms with van der Waals surface area (Å²) >= 11 is 2.48. The minimum Gasteiger partial charge on any atom is -0.456 e. The number of fused-ring (bicyclic) bond motifs is 1. The molecule has 0 aromatic heterocycles. The molecule has 1 aromatic rings. The van der Waals surface area contributed by atoms with Crippen LogP contribution in [0, 0.1) is 11.3 Å². The van der Waals surface area contributed by atoms with Gasteiger partial charge in [-0.25, -0.2) is 0 Å². The van der Waals surface area contributed by atoms with E-state index in [-0.39, 0.29) is 17.4 Å². The van der Waals surface area contributed by atoms with Gasteiger partial charge in [-0.1, -0.05) is 35.7 Å². The second-order valence-electron chi connectivity index (χ2n) is 5.54. The molecular weight excluding hydrogens is 374 g/mol. The van der Waals surface area contributed by atoms with Crippen LogP contribution in [-0.2, 0) is 14.3 Å². The van der Waals surface area contributed by atoms with E-state index in [1.54, 1.807) is 11.9 Å². The van der Waals surface area contributed by atoms with Gasteiger partial charge in [0.25, 0.3) is 5.24 Å². The van der Waals surface area contributed by atoms with Gasteiger partial charge in [-0.2, -0.15) is 5.26 Å². The Bertz CT molecular complexity index is 847. The molecule has 2 aliphatic heterocycles. The highest BCUT2D eigenvalue weighted by molar-refractivity contribution is 8.13. The van der Waals surface area contributed by atoms with Gasteiger partial charge in [-0.3, -0.25) is 14.4 Å².